The topological polar surface area (TPSA) is 20.2 Å². The lowest BCUT2D eigenvalue weighted by Gasteiger charge is -2.24. The molecule has 2 heteroatoms. The molecule has 2 unspecified atom stereocenters. The molecule has 0 spiro atoms. The Balaban J connectivity index is 2.10. The molecule has 2 rings (SSSR count). The van der Waals surface area contributed by atoms with Crippen molar-refractivity contribution < 1.29 is 9.50 Å². The predicted molar refractivity (Wildman–Crippen MR) is 54.2 cm³/mol. The summed E-state index contributed by atoms with van der Waals surface area (Å²) in [6.07, 6.45) is 2.78. The molecular weight excluding hydrogens is 179 g/mol. The largest absolute Gasteiger partial charge is 0.508 e. The van der Waals surface area contributed by atoms with Gasteiger partial charge in [-0.05, 0) is 49.3 Å². The Bertz CT molecular complexity index is 294. The molecule has 0 saturated heterocycles. The molecule has 76 valence electrons. The van der Waals surface area contributed by atoms with Gasteiger partial charge in [-0.2, -0.15) is 0 Å². The van der Waals surface area contributed by atoms with Gasteiger partial charge < -0.3 is 5.11 Å². The third-order valence-corrected chi connectivity index (χ3v) is 2.97. The van der Waals surface area contributed by atoms with Gasteiger partial charge in [-0.1, -0.05) is 12.1 Å². The molecule has 0 radical (unpaired) electrons. The standard InChI is InChI=1S/C12H15FO/c13-11-3-1-2-10(8-11)9-4-6-12(14)7-5-9/h4-7,10-11,14H,1-3,8H2. The molecule has 0 bridgehead atoms. The molecule has 0 aliphatic heterocycles. The number of halogens is 1. The van der Waals surface area contributed by atoms with Gasteiger partial charge in [0.2, 0.25) is 0 Å². The van der Waals surface area contributed by atoms with E-state index < -0.39 is 6.17 Å². The number of benzene rings is 1. The summed E-state index contributed by atoms with van der Waals surface area (Å²) in [6, 6.07) is 7.16. The van der Waals surface area contributed by atoms with Crippen molar-refractivity contribution in [3.05, 3.63) is 29.8 Å². The summed E-state index contributed by atoms with van der Waals surface area (Å²) in [5, 5.41) is 9.13. The van der Waals surface area contributed by atoms with E-state index in [0.717, 1.165) is 18.4 Å². The quantitative estimate of drug-likeness (QED) is 0.726. The molecular formula is C12H15FO. The summed E-state index contributed by atoms with van der Waals surface area (Å²) in [5.41, 5.74) is 1.16. The lowest BCUT2D eigenvalue weighted by atomic mass is 9.83. The Hall–Kier alpha value is -1.05. The Morgan fingerprint density at radius 1 is 1.14 bits per heavy atom. The molecule has 1 N–H and O–H groups in total. The Labute approximate surface area is 83.6 Å². The second kappa shape index (κ2) is 3.99. The summed E-state index contributed by atoms with van der Waals surface area (Å²) in [6.45, 7) is 0. The highest BCUT2D eigenvalue weighted by molar-refractivity contribution is 5.28. The highest BCUT2D eigenvalue weighted by Gasteiger charge is 2.22. The normalized spacial score (nSPS) is 27.5. The number of hydrogen-bond donors (Lipinski definition) is 1. The van der Waals surface area contributed by atoms with Gasteiger partial charge in [0.1, 0.15) is 11.9 Å². The predicted octanol–water partition coefficient (Wildman–Crippen LogP) is 3.39. The van der Waals surface area contributed by atoms with Gasteiger partial charge >= 0.3 is 0 Å². The maximum Gasteiger partial charge on any atom is 0.115 e. The van der Waals surface area contributed by atoms with E-state index in [1.54, 1.807) is 12.1 Å². The molecule has 0 aromatic heterocycles. The maximum atomic E-state index is 13.1. The van der Waals surface area contributed by atoms with Crippen LogP contribution in [0.15, 0.2) is 24.3 Å². The average Bonchev–Trinajstić information content (AvgIpc) is 2.19. The van der Waals surface area contributed by atoms with Crippen molar-refractivity contribution in [1.82, 2.24) is 0 Å². The minimum atomic E-state index is -0.637. The third-order valence-electron chi connectivity index (χ3n) is 2.97. The molecule has 1 nitrogen and oxygen atoms in total. The molecule has 0 amide bonds. The third kappa shape index (κ3) is 2.06. The first-order valence-corrected chi connectivity index (χ1v) is 5.18. The van der Waals surface area contributed by atoms with Crippen LogP contribution in [0.25, 0.3) is 0 Å². The van der Waals surface area contributed by atoms with E-state index >= 15 is 0 Å². The number of rotatable bonds is 1. The molecule has 1 saturated carbocycles. The monoisotopic (exact) mass is 194 g/mol. The number of alkyl halides is 1. The van der Waals surface area contributed by atoms with Crippen molar-refractivity contribution in [2.24, 2.45) is 0 Å². The Morgan fingerprint density at radius 2 is 1.86 bits per heavy atom. The fraction of sp³-hybridized carbons (Fsp3) is 0.500. The van der Waals surface area contributed by atoms with Gasteiger partial charge in [0.05, 0.1) is 0 Å². The summed E-state index contributed by atoms with van der Waals surface area (Å²) in [5.74, 6) is 0.626. The van der Waals surface area contributed by atoms with Gasteiger partial charge in [-0.15, -0.1) is 0 Å². The molecule has 1 aromatic carbocycles. The molecule has 1 aliphatic carbocycles. The first-order valence-electron chi connectivity index (χ1n) is 5.18. The van der Waals surface area contributed by atoms with E-state index in [2.05, 4.69) is 0 Å². The zero-order valence-corrected chi connectivity index (χ0v) is 8.12. The van der Waals surface area contributed by atoms with E-state index in [1.165, 1.54) is 0 Å². The summed E-state index contributed by atoms with van der Waals surface area (Å²) in [4.78, 5) is 0. The fourth-order valence-corrected chi connectivity index (χ4v) is 2.18. The summed E-state index contributed by atoms with van der Waals surface area (Å²) in [7, 11) is 0. The maximum absolute atomic E-state index is 13.1. The van der Waals surface area contributed by atoms with Crippen molar-refractivity contribution in [1.29, 1.82) is 0 Å². The van der Waals surface area contributed by atoms with Crippen LogP contribution in [-0.2, 0) is 0 Å². The van der Waals surface area contributed by atoms with Crippen molar-refractivity contribution >= 4 is 0 Å². The smallest absolute Gasteiger partial charge is 0.115 e. The van der Waals surface area contributed by atoms with Crippen LogP contribution in [0, 0.1) is 0 Å². The van der Waals surface area contributed by atoms with E-state index in [9.17, 15) is 4.39 Å². The lowest BCUT2D eigenvalue weighted by molar-refractivity contribution is 0.231. The van der Waals surface area contributed by atoms with Crippen LogP contribution in [0.4, 0.5) is 4.39 Å². The van der Waals surface area contributed by atoms with E-state index in [1.807, 2.05) is 12.1 Å². The van der Waals surface area contributed by atoms with Crippen LogP contribution in [0.3, 0.4) is 0 Å². The Kier molecular flexibility index (Phi) is 2.71. The lowest BCUT2D eigenvalue weighted by Crippen LogP contribution is -2.14. The Morgan fingerprint density at radius 3 is 2.50 bits per heavy atom. The zero-order chi connectivity index (χ0) is 9.97. The first kappa shape index (κ1) is 9.50. The van der Waals surface area contributed by atoms with Crippen molar-refractivity contribution in [2.45, 2.75) is 37.8 Å². The number of hydrogen-bond acceptors (Lipinski definition) is 1. The van der Waals surface area contributed by atoms with Crippen molar-refractivity contribution in [2.75, 3.05) is 0 Å². The summed E-state index contributed by atoms with van der Waals surface area (Å²) >= 11 is 0. The van der Waals surface area contributed by atoms with Crippen LogP contribution in [0.1, 0.15) is 37.2 Å². The van der Waals surface area contributed by atoms with E-state index in [0.29, 0.717) is 18.8 Å². The highest BCUT2D eigenvalue weighted by atomic mass is 19.1. The van der Waals surface area contributed by atoms with E-state index in [4.69, 9.17) is 5.11 Å². The van der Waals surface area contributed by atoms with Crippen LogP contribution in [-0.4, -0.2) is 11.3 Å². The first-order chi connectivity index (χ1) is 6.75. The second-order valence-electron chi connectivity index (χ2n) is 4.05. The SMILES string of the molecule is Oc1ccc(C2CCCC(F)C2)cc1. The summed E-state index contributed by atoms with van der Waals surface area (Å²) < 4.78 is 13.1. The molecule has 1 aliphatic rings. The van der Waals surface area contributed by atoms with Gasteiger partial charge in [0, 0.05) is 0 Å². The van der Waals surface area contributed by atoms with Crippen molar-refractivity contribution in [3.8, 4) is 5.75 Å². The molecule has 2 atom stereocenters. The molecule has 0 heterocycles. The van der Waals surface area contributed by atoms with Crippen LogP contribution in [0.2, 0.25) is 0 Å². The number of aromatic hydroxyl groups is 1. The molecule has 1 aromatic rings. The van der Waals surface area contributed by atoms with Gasteiger partial charge in [-0.25, -0.2) is 4.39 Å². The minimum Gasteiger partial charge on any atom is -0.508 e. The zero-order valence-electron chi connectivity index (χ0n) is 8.12. The van der Waals surface area contributed by atoms with Crippen LogP contribution < -0.4 is 0 Å². The van der Waals surface area contributed by atoms with Gasteiger partial charge in [0.25, 0.3) is 0 Å². The number of phenolic OH excluding ortho intramolecular Hbond substituents is 1. The fourth-order valence-electron chi connectivity index (χ4n) is 2.18. The average molecular weight is 194 g/mol. The molecule has 1 fully saturated rings. The highest BCUT2D eigenvalue weighted by Crippen LogP contribution is 2.34. The van der Waals surface area contributed by atoms with Gasteiger partial charge in [-0.3, -0.25) is 0 Å². The van der Waals surface area contributed by atoms with Crippen LogP contribution >= 0.6 is 0 Å². The minimum absolute atomic E-state index is 0.279. The number of phenols is 1. The van der Waals surface area contributed by atoms with Gasteiger partial charge in [0.15, 0.2) is 0 Å². The van der Waals surface area contributed by atoms with Crippen molar-refractivity contribution in [3.63, 3.8) is 0 Å². The molecule has 14 heavy (non-hydrogen) atoms. The van der Waals surface area contributed by atoms with E-state index in [-0.39, 0.29) is 5.75 Å². The second-order valence-corrected chi connectivity index (χ2v) is 4.05. The van der Waals surface area contributed by atoms with Crippen LogP contribution in [0.5, 0.6) is 5.75 Å².